The van der Waals surface area contributed by atoms with E-state index in [1.54, 1.807) is 11.8 Å². The molecule has 2 aliphatic heterocycles. The third-order valence-corrected chi connectivity index (χ3v) is 7.16. The molecule has 2 saturated heterocycles. The zero-order valence-electron chi connectivity index (χ0n) is 18.3. The molecule has 0 spiro atoms. The maximum atomic E-state index is 13.2. The summed E-state index contributed by atoms with van der Waals surface area (Å²) in [4.78, 5) is 31.9. The summed E-state index contributed by atoms with van der Waals surface area (Å²) < 4.78 is 10.1. The number of benzene rings is 2. The summed E-state index contributed by atoms with van der Waals surface area (Å²) in [5.74, 6) is -0.778. The Kier molecular flexibility index (Phi) is 6.37. The van der Waals surface area contributed by atoms with Crippen LogP contribution in [0.15, 0.2) is 77.4 Å². The van der Waals surface area contributed by atoms with Crippen molar-refractivity contribution in [1.82, 2.24) is 4.90 Å². The molecule has 3 atom stereocenters. The number of thioether (sulfide) groups is 1. The molecule has 2 aromatic carbocycles. The highest BCUT2D eigenvalue weighted by Gasteiger charge is 2.62. The van der Waals surface area contributed by atoms with E-state index in [0.717, 1.165) is 11.1 Å². The molecule has 0 bridgehead atoms. The molecule has 4 rings (SSSR count). The van der Waals surface area contributed by atoms with Crippen LogP contribution in [0.3, 0.4) is 0 Å². The van der Waals surface area contributed by atoms with Crippen LogP contribution in [0.5, 0.6) is 0 Å². The van der Waals surface area contributed by atoms with Gasteiger partial charge in [0.25, 0.3) is 0 Å². The van der Waals surface area contributed by atoms with E-state index < -0.39 is 16.8 Å². The number of carbonyl (C=O) groups excluding carboxylic acids is 2. The van der Waals surface area contributed by atoms with Crippen LogP contribution in [0.25, 0.3) is 0 Å². The second-order valence-electron chi connectivity index (χ2n) is 8.24. The molecule has 7 heteroatoms. The first kappa shape index (κ1) is 22.1. The van der Waals surface area contributed by atoms with E-state index in [4.69, 9.17) is 14.5 Å². The van der Waals surface area contributed by atoms with E-state index in [-0.39, 0.29) is 24.0 Å². The lowest BCUT2D eigenvalue weighted by atomic mass is 9.93. The number of hydrogen-bond acceptors (Lipinski definition) is 7. The van der Waals surface area contributed by atoms with Crippen molar-refractivity contribution < 1.29 is 19.1 Å². The minimum atomic E-state index is -0.528. The van der Waals surface area contributed by atoms with Crippen LogP contribution in [-0.2, 0) is 25.7 Å². The average Bonchev–Trinajstić information content (AvgIpc) is 3.04. The smallest absolute Gasteiger partial charge is 0.332 e. The van der Waals surface area contributed by atoms with Crippen LogP contribution in [0.1, 0.15) is 25.0 Å². The Morgan fingerprint density at radius 1 is 1.09 bits per heavy atom. The second kappa shape index (κ2) is 9.20. The van der Waals surface area contributed by atoms with Crippen molar-refractivity contribution in [1.29, 1.82) is 0 Å². The van der Waals surface area contributed by atoms with Gasteiger partial charge in [-0.25, -0.2) is 9.59 Å². The van der Waals surface area contributed by atoms with Crippen LogP contribution in [-0.4, -0.2) is 52.4 Å². The lowest BCUT2D eigenvalue weighted by Crippen LogP contribution is -2.59. The molecule has 0 radical (unpaired) electrons. The lowest BCUT2D eigenvalue weighted by Gasteiger charge is -2.46. The number of fused-ring (bicyclic) bond motifs is 1. The van der Waals surface area contributed by atoms with E-state index in [1.165, 1.54) is 13.2 Å². The van der Waals surface area contributed by atoms with Gasteiger partial charge in [0.15, 0.2) is 0 Å². The van der Waals surface area contributed by atoms with Gasteiger partial charge in [-0.05, 0) is 25.0 Å². The molecule has 6 nitrogen and oxygen atoms in total. The fourth-order valence-electron chi connectivity index (χ4n) is 4.04. The van der Waals surface area contributed by atoms with Crippen LogP contribution < -0.4 is 0 Å². The number of hydrogen-bond donors (Lipinski definition) is 0. The SMILES string of the molecule is COC(=O)C=C1[C@@H](N=Cc2ccccc2)[C@H]2SC(C)(C)[C@H](C(=O)OCc3ccccc3)N12. The van der Waals surface area contributed by atoms with Crippen molar-refractivity contribution in [2.45, 2.75) is 42.7 Å². The molecule has 0 aliphatic carbocycles. The van der Waals surface area contributed by atoms with Gasteiger partial charge in [-0.2, -0.15) is 0 Å². The van der Waals surface area contributed by atoms with Crippen molar-refractivity contribution in [3.63, 3.8) is 0 Å². The topological polar surface area (TPSA) is 68.2 Å². The third kappa shape index (κ3) is 4.43. The fraction of sp³-hybridized carbons (Fsp3) is 0.320. The molecule has 2 aliphatic rings. The first-order valence-electron chi connectivity index (χ1n) is 10.4. The summed E-state index contributed by atoms with van der Waals surface area (Å²) in [5, 5.41) is -0.0601. The average molecular weight is 451 g/mol. The number of aliphatic imine (C=N–C) groups is 1. The molecule has 2 heterocycles. The van der Waals surface area contributed by atoms with Gasteiger partial charge in [0, 0.05) is 17.0 Å². The Labute approximate surface area is 192 Å². The largest absolute Gasteiger partial charge is 0.466 e. The fourth-order valence-corrected chi connectivity index (χ4v) is 5.70. The van der Waals surface area contributed by atoms with Gasteiger partial charge in [-0.15, -0.1) is 11.8 Å². The number of carbonyl (C=O) groups is 2. The molecule has 0 saturated carbocycles. The van der Waals surface area contributed by atoms with Gasteiger partial charge in [0.05, 0.1) is 12.8 Å². The Hall–Kier alpha value is -3.06. The van der Waals surface area contributed by atoms with Crippen molar-refractivity contribution >= 4 is 29.9 Å². The molecule has 0 unspecified atom stereocenters. The van der Waals surface area contributed by atoms with E-state index in [1.807, 2.05) is 85.6 Å². The highest BCUT2D eigenvalue weighted by atomic mass is 32.2. The lowest BCUT2D eigenvalue weighted by molar-refractivity contribution is -0.152. The van der Waals surface area contributed by atoms with Gasteiger partial charge in [0.1, 0.15) is 24.1 Å². The summed E-state index contributed by atoms with van der Waals surface area (Å²) in [7, 11) is 1.34. The zero-order chi connectivity index (χ0) is 22.7. The number of nitrogens with zero attached hydrogens (tertiary/aromatic N) is 2. The van der Waals surface area contributed by atoms with Crippen LogP contribution in [0, 0.1) is 0 Å². The number of rotatable bonds is 6. The highest BCUT2D eigenvalue weighted by molar-refractivity contribution is 8.01. The van der Waals surface area contributed by atoms with E-state index in [2.05, 4.69) is 0 Å². The minimum Gasteiger partial charge on any atom is -0.466 e. The van der Waals surface area contributed by atoms with E-state index in [9.17, 15) is 9.59 Å². The molecular formula is C25H26N2O4S. The Morgan fingerprint density at radius 3 is 2.41 bits per heavy atom. The van der Waals surface area contributed by atoms with Crippen molar-refractivity contribution in [3.8, 4) is 0 Å². The van der Waals surface area contributed by atoms with Gasteiger partial charge < -0.3 is 14.4 Å². The van der Waals surface area contributed by atoms with Gasteiger partial charge in [-0.1, -0.05) is 60.7 Å². The van der Waals surface area contributed by atoms with Crippen LogP contribution in [0.2, 0.25) is 0 Å². The van der Waals surface area contributed by atoms with Crippen LogP contribution >= 0.6 is 11.8 Å². The van der Waals surface area contributed by atoms with Crippen LogP contribution in [0.4, 0.5) is 0 Å². The van der Waals surface area contributed by atoms with Crippen molar-refractivity contribution in [2.75, 3.05) is 7.11 Å². The third-order valence-electron chi connectivity index (χ3n) is 5.60. The highest BCUT2D eigenvalue weighted by Crippen LogP contribution is 2.55. The molecule has 166 valence electrons. The first-order valence-corrected chi connectivity index (χ1v) is 11.3. The Balaban J connectivity index is 1.57. The molecular weight excluding hydrogens is 424 g/mol. The quantitative estimate of drug-likeness (QED) is 0.379. The monoisotopic (exact) mass is 450 g/mol. The maximum absolute atomic E-state index is 13.2. The van der Waals surface area contributed by atoms with Gasteiger partial charge in [-0.3, -0.25) is 4.99 Å². The van der Waals surface area contributed by atoms with Crippen molar-refractivity contribution in [2.24, 2.45) is 4.99 Å². The molecule has 0 amide bonds. The summed E-state index contributed by atoms with van der Waals surface area (Å²) >= 11 is 1.68. The summed E-state index contributed by atoms with van der Waals surface area (Å²) in [6.45, 7) is 4.26. The standard InChI is InChI=1S/C25H26N2O4S/c1-25(2)22(24(29)31-16-18-12-8-5-9-13-18)27-19(14-20(28)30-3)21(23(27)32-25)26-15-17-10-6-4-7-11-17/h4-15,21-23H,16H2,1-3H3/t21-,22+,23-/m1/s1. The number of esters is 2. The predicted octanol–water partition coefficient (Wildman–Crippen LogP) is 3.81. The minimum absolute atomic E-state index is 0.0601. The molecule has 32 heavy (non-hydrogen) atoms. The summed E-state index contributed by atoms with van der Waals surface area (Å²) in [6, 6.07) is 18.6. The maximum Gasteiger partial charge on any atom is 0.332 e. The van der Waals surface area contributed by atoms with Crippen molar-refractivity contribution in [3.05, 3.63) is 83.6 Å². The van der Waals surface area contributed by atoms with Gasteiger partial charge in [0.2, 0.25) is 0 Å². The normalized spacial score (nSPS) is 24.8. The molecule has 2 fully saturated rings. The molecule has 0 N–H and O–H groups in total. The molecule has 0 aromatic heterocycles. The summed E-state index contributed by atoms with van der Waals surface area (Å²) in [5.41, 5.74) is 2.58. The zero-order valence-corrected chi connectivity index (χ0v) is 19.1. The Bertz CT molecular complexity index is 1040. The van der Waals surface area contributed by atoms with E-state index >= 15 is 0 Å². The summed E-state index contributed by atoms with van der Waals surface area (Å²) in [6.07, 6.45) is 3.24. The number of ether oxygens (including phenoxy) is 2. The van der Waals surface area contributed by atoms with Gasteiger partial charge >= 0.3 is 11.9 Å². The Morgan fingerprint density at radius 2 is 1.75 bits per heavy atom. The molecule has 2 aromatic rings. The predicted molar refractivity (Wildman–Crippen MR) is 125 cm³/mol. The first-order chi connectivity index (χ1) is 15.4. The number of methoxy groups -OCH3 is 1. The van der Waals surface area contributed by atoms with E-state index in [0.29, 0.717) is 5.70 Å². The second-order valence-corrected chi connectivity index (χ2v) is 10.0.